The fourth-order valence-electron chi connectivity index (χ4n) is 2.15. The van der Waals surface area contributed by atoms with E-state index in [-0.39, 0.29) is 23.2 Å². The fourth-order valence-corrected chi connectivity index (χ4v) is 2.15. The average molecular weight is 200 g/mol. The lowest BCUT2D eigenvalue weighted by molar-refractivity contribution is -0.158. The van der Waals surface area contributed by atoms with Crippen LogP contribution in [0.1, 0.15) is 53.9 Å². The molecular formula is C12H24O2. The van der Waals surface area contributed by atoms with Crippen LogP contribution < -0.4 is 0 Å². The first-order valence-corrected chi connectivity index (χ1v) is 5.58. The number of rotatable bonds is 1. The first-order chi connectivity index (χ1) is 6.22. The van der Waals surface area contributed by atoms with E-state index in [1.54, 1.807) is 0 Å². The van der Waals surface area contributed by atoms with E-state index >= 15 is 0 Å². The van der Waals surface area contributed by atoms with Crippen LogP contribution in [0.25, 0.3) is 0 Å². The van der Waals surface area contributed by atoms with Crippen LogP contribution >= 0.6 is 0 Å². The van der Waals surface area contributed by atoms with Crippen molar-refractivity contribution in [2.75, 3.05) is 0 Å². The van der Waals surface area contributed by atoms with Gasteiger partial charge in [-0.05, 0) is 39.0 Å². The number of hydrogen-bond acceptors (Lipinski definition) is 2. The Labute approximate surface area is 87.7 Å². The Morgan fingerprint density at radius 2 is 1.86 bits per heavy atom. The molecule has 14 heavy (non-hydrogen) atoms. The van der Waals surface area contributed by atoms with Crippen molar-refractivity contribution in [1.29, 1.82) is 0 Å². The van der Waals surface area contributed by atoms with Gasteiger partial charge in [0.25, 0.3) is 0 Å². The molecular weight excluding hydrogens is 176 g/mol. The smallest absolute Gasteiger partial charge is 0.0852 e. The summed E-state index contributed by atoms with van der Waals surface area (Å²) in [5.41, 5.74) is -0.146. The highest BCUT2D eigenvalue weighted by Gasteiger charge is 2.39. The molecule has 0 aliphatic heterocycles. The van der Waals surface area contributed by atoms with E-state index in [1.165, 1.54) is 0 Å². The molecule has 2 unspecified atom stereocenters. The third-order valence-electron chi connectivity index (χ3n) is 2.97. The number of aliphatic hydroxyl groups is 1. The summed E-state index contributed by atoms with van der Waals surface area (Å²) in [7, 11) is 0. The Kier molecular flexibility index (Phi) is 3.27. The highest BCUT2D eigenvalue weighted by Crippen LogP contribution is 2.38. The van der Waals surface area contributed by atoms with E-state index in [1.807, 2.05) is 20.8 Å². The Morgan fingerprint density at radius 3 is 2.36 bits per heavy atom. The summed E-state index contributed by atoms with van der Waals surface area (Å²) in [5, 5.41) is 10.1. The minimum Gasteiger partial charge on any atom is -0.390 e. The molecule has 2 atom stereocenters. The van der Waals surface area contributed by atoms with E-state index in [4.69, 9.17) is 4.74 Å². The van der Waals surface area contributed by atoms with Crippen molar-refractivity contribution in [3.05, 3.63) is 0 Å². The molecule has 2 heteroatoms. The van der Waals surface area contributed by atoms with Gasteiger partial charge < -0.3 is 9.84 Å². The molecule has 0 aromatic carbocycles. The summed E-state index contributed by atoms with van der Waals surface area (Å²) in [6.45, 7) is 10.4. The minimum absolute atomic E-state index is 0.00810. The predicted octanol–water partition coefficient (Wildman–Crippen LogP) is 2.74. The normalized spacial score (nSPS) is 33.0. The number of aliphatic hydroxyl groups excluding tert-OH is 1. The van der Waals surface area contributed by atoms with Crippen molar-refractivity contribution in [2.45, 2.75) is 71.7 Å². The zero-order valence-electron chi connectivity index (χ0n) is 10.1. The maximum atomic E-state index is 10.1. The lowest BCUT2D eigenvalue weighted by Gasteiger charge is -2.42. The molecule has 84 valence electrons. The van der Waals surface area contributed by atoms with Gasteiger partial charge in [-0.1, -0.05) is 20.3 Å². The van der Waals surface area contributed by atoms with E-state index in [0.717, 1.165) is 19.3 Å². The van der Waals surface area contributed by atoms with Crippen molar-refractivity contribution in [3.8, 4) is 0 Å². The Balaban J connectivity index is 2.62. The molecule has 0 amide bonds. The van der Waals surface area contributed by atoms with Gasteiger partial charge in [-0.25, -0.2) is 0 Å². The molecule has 0 spiro atoms. The molecule has 0 heterocycles. The van der Waals surface area contributed by atoms with Gasteiger partial charge in [-0.2, -0.15) is 0 Å². The molecule has 1 N–H and O–H groups in total. The zero-order chi connectivity index (χ0) is 11.0. The van der Waals surface area contributed by atoms with Crippen LogP contribution in [0, 0.1) is 5.41 Å². The quantitative estimate of drug-likeness (QED) is 0.705. The van der Waals surface area contributed by atoms with Crippen LogP contribution in [0.2, 0.25) is 0 Å². The van der Waals surface area contributed by atoms with E-state index in [2.05, 4.69) is 13.8 Å². The van der Waals surface area contributed by atoms with Crippen molar-refractivity contribution in [1.82, 2.24) is 0 Å². The maximum absolute atomic E-state index is 10.1. The highest BCUT2D eigenvalue weighted by atomic mass is 16.5. The van der Waals surface area contributed by atoms with Crippen LogP contribution in [-0.2, 0) is 4.74 Å². The summed E-state index contributed by atoms with van der Waals surface area (Å²) >= 11 is 0. The highest BCUT2D eigenvalue weighted by molar-refractivity contribution is 4.89. The van der Waals surface area contributed by atoms with Crippen molar-refractivity contribution in [3.63, 3.8) is 0 Å². The van der Waals surface area contributed by atoms with Gasteiger partial charge >= 0.3 is 0 Å². The molecule has 0 radical (unpaired) electrons. The number of ether oxygens (including phenoxy) is 1. The van der Waals surface area contributed by atoms with E-state index < -0.39 is 0 Å². The largest absolute Gasteiger partial charge is 0.390 e. The lowest BCUT2D eigenvalue weighted by atomic mass is 9.73. The second-order valence-corrected chi connectivity index (χ2v) is 6.09. The molecule has 1 aliphatic rings. The molecule has 0 aromatic rings. The summed E-state index contributed by atoms with van der Waals surface area (Å²) in [6.07, 6.45) is 2.93. The van der Waals surface area contributed by atoms with Crippen LogP contribution in [0.4, 0.5) is 0 Å². The Hall–Kier alpha value is -0.0800. The number of hydrogen-bond donors (Lipinski definition) is 1. The third-order valence-corrected chi connectivity index (χ3v) is 2.97. The molecule has 2 nitrogen and oxygen atoms in total. The Bertz CT molecular complexity index is 191. The molecule has 1 aliphatic carbocycles. The van der Waals surface area contributed by atoms with Gasteiger partial charge in [0, 0.05) is 0 Å². The lowest BCUT2D eigenvalue weighted by Crippen LogP contribution is -2.47. The van der Waals surface area contributed by atoms with Gasteiger partial charge in [-0.3, -0.25) is 0 Å². The average Bonchev–Trinajstić information content (AvgIpc) is 1.96. The molecule has 0 bridgehead atoms. The minimum atomic E-state index is -0.324. The maximum Gasteiger partial charge on any atom is 0.0852 e. The van der Waals surface area contributed by atoms with Crippen molar-refractivity contribution >= 4 is 0 Å². The van der Waals surface area contributed by atoms with Crippen molar-refractivity contribution < 1.29 is 9.84 Å². The second-order valence-electron chi connectivity index (χ2n) is 6.09. The first-order valence-electron chi connectivity index (χ1n) is 5.58. The fraction of sp³-hybridized carbons (Fsp3) is 1.00. The molecule has 1 saturated carbocycles. The Morgan fingerprint density at radius 1 is 1.29 bits per heavy atom. The van der Waals surface area contributed by atoms with Gasteiger partial charge in [0.15, 0.2) is 0 Å². The molecule has 0 saturated heterocycles. The third kappa shape index (κ3) is 2.96. The van der Waals surface area contributed by atoms with Gasteiger partial charge in [0.2, 0.25) is 0 Å². The van der Waals surface area contributed by atoms with Gasteiger partial charge in [0.05, 0.1) is 17.8 Å². The molecule has 1 fully saturated rings. The van der Waals surface area contributed by atoms with Crippen LogP contribution in [0.3, 0.4) is 0 Å². The summed E-state index contributed by atoms with van der Waals surface area (Å²) in [4.78, 5) is 0. The summed E-state index contributed by atoms with van der Waals surface area (Å²) < 4.78 is 5.88. The SMILES string of the molecule is CC(C)(C)OC1CCCC(C)(C)C1O. The summed E-state index contributed by atoms with van der Waals surface area (Å²) in [6, 6.07) is 0. The van der Waals surface area contributed by atoms with E-state index in [0.29, 0.717) is 0 Å². The van der Waals surface area contributed by atoms with Gasteiger partial charge in [-0.15, -0.1) is 0 Å². The monoisotopic (exact) mass is 200 g/mol. The van der Waals surface area contributed by atoms with Crippen LogP contribution in [-0.4, -0.2) is 22.9 Å². The first kappa shape index (κ1) is 12.0. The topological polar surface area (TPSA) is 29.5 Å². The van der Waals surface area contributed by atoms with Crippen molar-refractivity contribution in [2.24, 2.45) is 5.41 Å². The van der Waals surface area contributed by atoms with Crippen LogP contribution in [0.5, 0.6) is 0 Å². The molecule has 0 aromatic heterocycles. The second kappa shape index (κ2) is 3.82. The molecule has 1 rings (SSSR count). The van der Waals surface area contributed by atoms with Crippen LogP contribution in [0.15, 0.2) is 0 Å². The van der Waals surface area contributed by atoms with Gasteiger partial charge in [0.1, 0.15) is 0 Å². The van der Waals surface area contributed by atoms with E-state index in [9.17, 15) is 5.11 Å². The standard InChI is InChI=1S/C12H24O2/c1-11(2,3)14-9-7-6-8-12(4,5)10(9)13/h9-10,13H,6-8H2,1-5H3. The zero-order valence-corrected chi connectivity index (χ0v) is 10.1. The summed E-state index contributed by atoms with van der Waals surface area (Å²) in [5.74, 6) is 0. The predicted molar refractivity (Wildman–Crippen MR) is 58.3 cm³/mol.